The van der Waals surface area contributed by atoms with Crippen molar-refractivity contribution in [2.24, 2.45) is 0 Å². The number of nitrogens with zero attached hydrogens (tertiary/aromatic N) is 2. The average molecular weight is 376 g/mol. The van der Waals surface area contributed by atoms with Gasteiger partial charge in [-0.3, -0.25) is 9.78 Å². The van der Waals surface area contributed by atoms with Crippen molar-refractivity contribution in [2.45, 2.75) is 13.0 Å². The van der Waals surface area contributed by atoms with Gasteiger partial charge < -0.3 is 14.4 Å². The molecular weight excluding hydrogens is 352 g/mol. The molecule has 0 atom stereocenters. The minimum absolute atomic E-state index is 0.0462. The second-order valence-electron chi connectivity index (χ2n) is 6.35. The lowest BCUT2D eigenvalue weighted by molar-refractivity contribution is -0.134. The molecule has 5 nitrogen and oxygen atoms in total. The SMILES string of the molecule is COc1ccccc1OCC(=O)N(CCc1ccccc1)Cc1cccnc1. The van der Waals surface area contributed by atoms with Crippen LogP contribution < -0.4 is 9.47 Å². The molecule has 2 aromatic carbocycles. The van der Waals surface area contributed by atoms with Gasteiger partial charge in [-0.2, -0.15) is 0 Å². The minimum Gasteiger partial charge on any atom is -0.493 e. The second kappa shape index (κ2) is 10.1. The quantitative estimate of drug-likeness (QED) is 0.571. The molecule has 3 rings (SSSR count). The fourth-order valence-electron chi connectivity index (χ4n) is 2.88. The van der Waals surface area contributed by atoms with Crippen molar-refractivity contribution in [3.8, 4) is 11.5 Å². The Morgan fingerprint density at radius 3 is 2.36 bits per heavy atom. The Balaban J connectivity index is 1.66. The molecule has 0 aliphatic carbocycles. The molecular formula is C23H24N2O3. The molecule has 1 amide bonds. The summed E-state index contributed by atoms with van der Waals surface area (Å²) in [6.45, 7) is 1.05. The lowest BCUT2D eigenvalue weighted by Gasteiger charge is -2.23. The molecule has 0 spiro atoms. The van der Waals surface area contributed by atoms with E-state index >= 15 is 0 Å². The first kappa shape index (κ1) is 19.4. The van der Waals surface area contributed by atoms with Crippen LogP contribution in [0.5, 0.6) is 11.5 Å². The van der Waals surface area contributed by atoms with Crippen molar-refractivity contribution in [1.82, 2.24) is 9.88 Å². The van der Waals surface area contributed by atoms with Gasteiger partial charge >= 0.3 is 0 Å². The number of pyridine rings is 1. The van der Waals surface area contributed by atoms with Crippen LogP contribution in [0.2, 0.25) is 0 Å². The van der Waals surface area contributed by atoms with Crippen LogP contribution in [-0.4, -0.2) is 36.1 Å². The zero-order valence-corrected chi connectivity index (χ0v) is 16.0. The van der Waals surface area contributed by atoms with Crippen LogP contribution in [0.25, 0.3) is 0 Å². The predicted octanol–water partition coefficient (Wildman–Crippen LogP) is 3.74. The topological polar surface area (TPSA) is 51.7 Å². The maximum atomic E-state index is 12.9. The van der Waals surface area contributed by atoms with E-state index in [9.17, 15) is 4.79 Å². The maximum Gasteiger partial charge on any atom is 0.260 e. The molecule has 0 fully saturated rings. The Morgan fingerprint density at radius 2 is 1.64 bits per heavy atom. The van der Waals surface area contributed by atoms with E-state index in [4.69, 9.17) is 9.47 Å². The number of rotatable bonds is 9. The summed E-state index contributed by atoms with van der Waals surface area (Å²) in [7, 11) is 1.58. The number of methoxy groups -OCH3 is 1. The van der Waals surface area contributed by atoms with E-state index in [1.54, 1.807) is 30.5 Å². The summed E-state index contributed by atoms with van der Waals surface area (Å²) >= 11 is 0. The highest BCUT2D eigenvalue weighted by Crippen LogP contribution is 2.25. The zero-order chi connectivity index (χ0) is 19.6. The lowest BCUT2D eigenvalue weighted by Crippen LogP contribution is -2.36. The summed E-state index contributed by atoms with van der Waals surface area (Å²) < 4.78 is 11.0. The van der Waals surface area contributed by atoms with Gasteiger partial charge in [0.25, 0.3) is 5.91 Å². The lowest BCUT2D eigenvalue weighted by atomic mass is 10.1. The van der Waals surface area contributed by atoms with Crippen LogP contribution in [0, 0.1) is 0 Å². The summed E-state index contributed by atoms with van der Waals surface area (Å²) in [6, 6.07) is 21.3. The van der Waals surface area contributed by atoms with Gasteiger partial charge in [-0.1, -0.05) is 48.5 Å². The minimum atomic E-state index is -0.0781. The summed E-state index contributed by atoms with van der Waals surface area (Å²) in [5.41, 5.74) is 2.18. The summed E-state index contributed by atoms with van der Waals surface area (Å²) in [4.78, 5) is 18.8. The van der Waals surface area contributed by atoms with Crippen molar-refractivity contribution in [1.29, 1.82) is 0 Å². The van der Waals surface area contributed by atoms with Crippen molar-refractivity contribution in [3.63, 3.8) is 0 Å². The fraction of sp³-hybridized carbons (Fsp3) is 0.217. The van der Waals surface area contributed by atoms with E-state index in [0.29, 0.717) is 24.6 Å². The average Bonchev–Trinajstić information content (AvgIpc) is 2.76. The maximum absolute atomic E-state index is 12.9. The molecule has 0 bridgehead atoms. The Labute approximate surface area is 165 Å². The molecule has 1 heterocycles. The van der Waals surface area contributed by atoms with Gasteiger partial charge in [-0.15, -0.1) is 0 Å². The molecule has 3 aromatic rings. The molecule has 144 valence electrons. The van der Waals surface area contributed by atoms with Gasteiger partial charge in [0, 0.05) is 25.5 Å². The third kappa shape index (κ3) is 5.58. The molecule has 0 saturated heterocycles. The van der Waals surface area contributed by atoms with E-state index in [1.165, 1.54) is 5.56 Å². The summed E-state index contributed by atoms with van der Waals surface area (Å²) in [5.74, 6) is 1.09. The Morgan fingerprint density at radius 1 is 0.929 bits per heavy atom. The molecule has 0 saturated carbocycles. The number of para-hydroxylation sites is 2. The van der Waals surface area contributed by atoms with E-state index < -0.39 is 0 Å². The molecule has 1 aromatic heterocycles. The van der Waals surface area contributed by atoms with Crippen LogP contribution in [0.3, 0.4) is 0 Å². The summed E-state index contributed by atoms with van der Waals surface area (Å²) in [5, 5.41) is 0. The smallest absolute Gasteiger partial charge is 0.260 e. The van der Waals surface area contributed by atoms with Gasteiger partial charge in [0.2, 0.25) is 0 Å². The first-order chi connectivity index (χ1) is 13.8. The third-order valence-corrected chi connectivity index (χ3v) is 4.38. The largest absolute Gasteiger partial charge is 0.493 e. The van der Waals surface area contributed by atoms with Crippen molar-refractivity contribution < 1.29 is 14.3 Å². The van der Waals surface area contributed by atoms with Gasteiger partial charge in [0.05, 0.1) is 7.11 Å². The highest BCUT2D eigenvalue weighted by molar-refractivity contribution is 5.78. The van der Waals surface area contributed by atoms with E-state index in [2.05, 4.69) is 17.1 Å². The van der Waals surface area contributed by atoms with Crippen LogP contribution in [0.1, 0.15) is 11.1 Å². The number of amides is 1. The Bertz CT molecular complexity index is 869. The first-order valence-corrected chi connectivity index (χ1v) is 9.22. The zero-order valence-electron chi connectivity index (χ0n) is 16.0. The number of hydrogen-bond donors (Lipinski definition) is 0. The number of aromatic nitrogens is 1. The van der Waals surface area contributed by atoms with Crippen LogP contribution >= 0.6 is 0 Å². The molecule has 0 aliphatic heterocycles. The molecule has 28 heavy (non-hydrogen) atoms. The number of carbonyl (C=O) groups is 1. The highest BCUT2D eigenvalue weighted by Gasteiger charge is 2.16. The second-order valence-corrected chi connectivity index (χ2v) is 6.35. The van der Waals surface area contributed by atoms with E-state index in [-0.39, 0.29) is 12.5 Å². The standard InChI is InChI=1S/C23H24N2O3/c1-27-21-11-5-6-12-22(21)28-18-23(26)25(17-20-10-7-14-24-16-20)15-13-19-8-3-2-4-9-19/h2-12,14,16H,13,15,17-18H2,1H3. The normalized spacial score (nSPS) is 10.3. The Kier molecular flexibility index (Phi) is 7.01. The van der Waals surface area contributed by atoms with Crippen LogP contribution in [0.15, 0.2) is 79.1 Å². The third-order valence-electron chi connectivity index (χ3n) is 4.38. The number of hydrogen-bond acceptors (Lipinski definition) is 4. The first-order valence-electron chi connectivity index (χ1n) is 9.22. The van der Waals surface area contributed by atoms with Gasteiger partial charge in [-0.05, 0) is 35.7 Å². The monoisotopic (exact) mass is 376 g/mol. The van der Waals surface area contributed by atoms with Crippen molar-refractivity contribution >= 4 is 5.91 Å². The van der Waals surface area contributed by atoms with Gasteiger partial charge in [-0.25, -0.2) is 0 Å². The van der Waals surface area contributed by atoms with E-state index in [1.807, 2.05) is 48.5 Å². The van der Waals surface area contributed by atoms with E-state index in [0.717, 1.165) is 12.0 Å². The predicted molar refractivity (Wildman–Crippen MR) is 108 cm³/mol. The van der Waals surface area contributed by atoms with Gasteiger partial charge in [0.15, 0.2) is 18.1 Å². The van der Waals surface area contributed by atoms with Crippen molar-refractivity contribution in [3.05, 3.63) is 90.3 Å². The van der Waals surface area contributed by atoms with Crippen LogP contribution in [-0.2, 0) is 17.8 Å². The Hall–Kier alpha value is -3.34. The van der Waals surface area contributed by atoms with Crippen molar-refractivity contribution in [2.75, 3.05) is 20.3 Å². The summed E-state index contributed by atoms with van der Waals surface area (Å²) in [6.07, 6.45) is 4.29. The molecule has 0 unspecified atom stereocenters. The fourth-order valence-corrected chi connectivity index (χ4v) is 2.88. The molecule has 0 aliphatic rings. The molecule has 5 heteroatoms. The molecule has 0 N–H and O–H groups in total. The van der Waals surface area contributed by atoms with Crippen LogP contribution in [0.4, 0.5) is 0 Å². The number of benzene rings is 2. The number of carbonyl (C=O) groups excluding carboxylic acids is 1. The highest BCUT2D eigenvalue weighted by atomic mass is 16.5. The molecule has 0 radical (unpaired) electrons. The van der Waals surface area contributed by atoms with Gasteiger partial charge in [0.1, 0.15) is 0 Å². The number of ether oxygens (including phenoxy) is 2.